The van der Waals surface area contributed by atoms with E-state index in [0.717, 1.165) is 16.8 Å². The van der Waals surface area contributed by atoms with E-state index >= 15 is 0 Å². The summed E-state index contributed by atoms with van der Waals surface area (Å²) in [6, 6.07) is 5.72. The van der Waals surface area contributed by atoms with Gasteiger partial charge in [0.1, 0.15) is 6.61 Å². The van der Waals surface area contributed by atoms with E-state index in [1.165, 1.54) is 7.11 Å². The largest absolute Gasteiger partial charge is 0.454 e. The summed E-state index contributed by atoms with van der Waals surface area (Å²) >= 11 is 0. The first-order valence-corrected chi connectivity index (χ1v) is 5.55. The van der Waals surface area contributed by atoms with Gasteiger partial charge in [-0.1, -0.05) is 18.2 Å². The zero-order chi connectivity index (χ0) is 13.5. The van der Waals surface area contributed by atoms with Gasteiger partial charge in [-0.15, -0.1) is 0 Å². The second-order valence-electron chi connectivity index (χ2n) is 3.91. The molecular weight excluding hydrogens is 234 g/mol. The normalized spacial score (nSPS) is 9.94. The first-order chi connectivity index (χ1) is 8.54. The summed E-state index contributed by atoms with van der Waals surface area (Å²) in [6.07, 6.45) is 0. The lowest BCUT2D eigenvalue weighted by Crippen LogP contribution is -2.23. The molecule has 1 aromatic carbocycles. The highest BCUT2D eigenvalue weighted by molar-refractivity contribution is 5.94. The van der Waals surface area contributed by atoms with Crippen LogP contribution in [0.15, 0.2) is 18.2 Å². The molecule has 0 unspecified atom stereocenters. The topological polar surface area (TPSA) is 64.6 Å². The summed E-state index contributed by atoms with van der Waals surface area (Å²) < 4.78 is 9.31. The highest BCUT2D eigenvalue weighted by Crippen LogP contribution is 2.19. The molecule has 1 amide bonds. The molecule has 0 bridgehead atoms. The molecule has 0 radical (unpaired) electrons. The lowest BCUT2D eigenvalue weighted by molar-refractivity contribution is -0.150. The number of amides is 1. The Bertz CT molecular complexity index is 422. The Hall–Kier alpha value is -1.88. The summed E-state index contributed by atoms with van der Waals surface area (Å²) in [4.78, 5) is 22.6. The van der Waals surface area contributed by atoms with Crippen molar-refractivity contribution in [3.05, 3.63) is 29.3 Å². The van der Waals surface area contributed by atoms with Crippen LogP contribution in [0.25, 0.3) is 0 Å². The molecule has 0 aliphatic heterocycles. The van der Waals surface area contributed by atoms with E-state index in [-0.39, 0.29) is 19.1 Å². The van der Waals surface area contributed by atoms with Crippen LogP contribution in [-0.2, 0) is 19.1 Å². The number of esters is 1. The van der Waals surface area contributed by atoms with Crippen molar-refractivity contribution in [2.24, 2.45) is 0 Å². The maximum Gasteiger partial charge on any atom is 0.332 e. The van der Waals surface area contributed by atoms with E-state index in [2.05, 4.69) is 10.1 Å². The Morgan fingerprint density at radius 3 is 2.33 bits per heavy atom. The van der Waals surface area contributed by atoms with E-state index in [4.69, 9.17) is 4.74 Å². The lowest BCUT2D eigenvalue weighted by atomic mass is 10.1. The van der Waals surface area contributed by atoms with Gasteiger partial charge >= 0.3 is 5.97 Å². The summed E-state index contributed by atoms with van der Waals surface area (Å²) in [5.74, 6) is -0.925. The van der Waals surface area contributed by atoms with Crippen LogP contribution in [0.2, 0.25) is 0 Å². The lowest BCUT2D eigenvalue weighted by Gasteiger charge is -2.11. The summed E-state index contributed by atoms with van der Waals surface area (Å²) in [7, 11) is 1.39. The third-order valence-corrected chi connectivity index (χ3v) is 2.37. The molecule has 1 rings (SSSR count). The van der Waals surface area contributed by atoms with E-state index in [0.29, 0.717) is 0 Å². The molecule has 5 heteroatoms. The monoisotopic (exact) mass is 251 g/mol. The van der Waals surface area contributed by atoms with Crippen molar-refractivity contribution in [2.75, 3.05) is 25.6 Å². The molecule has 1 N–H and O–H groups in total. The number of benzene rings is 1. The fourth-order valence-electron chi connectivity index (χ4n) is 1.49. The molecule has 0 saturated carbocycles. The van der Waals surface area contributed by atoms with Gasteiger partial charge in [-0.3, -0.25) is 4.79 Å². The molecule has 18 heavy (non-hydrogen) atoms. The molecule has 0 aromatic heterocycles. The van der Waals surface area contributed by atoms with Gasteiger partial charge in [-0.05, 0) is 25.0 Å². The molecule has 98 valence electrons. The van der Waals surface area contributed by atoms with E-state index < -0.39 is 5.97 Å². The standard InChI is InChI=1S/C13H17NO4/c1-9-5-4-6-10(2)13(9)14-11(15)7-18-12(16)8-17-3/h4-6H,7-8H2,1-3H3,(H,14,15). The number of hydrogen-bond donors (Lipinski definition) is 1. The molecule has 0 aliphatic carbocycles. The minimum atomic E-state index is -0.561. The van der Waals surface area contributed by atoms with Crippen LogP contribution in [0.3, 0.4) is 0 Å². The van der Waals surface area contributed by atoms with Crippen LogP contribution in [-0.4, -0.2) is 32.2 Å². The molecule has 5 nitrogen and oxygen atoms in total. The molecular formula is C13H17NO4. The average molecular weight is 251 g/mol. The van der Waals surface area contributed by atoms with Crippen molar-refractivity contribution in [3.8, 4) is 0 Å². The highest BCUT2D eigenvalue weighted by atomic mass is 16.6. The summed E-state index contributed by atoms with van der Waals surface area (Å²) in [5, 5.41) is 2.72. The SMILES string of the molecule is COCC(=O)OCC(=O)Nc1c(C)cccc1C. The van der Waals surface area contributed by atoms with Crippen LogP contribution in [0.4, 0.5) is 5.69 Å². The van der Waals surface area contributed by atoms with Gasteiger partial charge in [-0.25, -0.2) is 4.79 Å². The second-order valence-corrected chi connectivity index (χ2v) is 3.91. The second kappa shape index (κ2) is 6.76. The van der Waals surface area contributed by atoms with E-state index in [1.807, 2.05) is 32.0 Å². The van der Waals surface area contributed by atoms with Gasteiger partial charge in [0.2, 0.25) is 0 Å². The number of aryl methyl sites for hydroxylation is 2. The van der Waals surface area contributed by atoms with Gasteiger partial charge in [-0.2, -0.15) is 0 Å². The van der Waals surface area contributed by atoms with Crippen LogP contribution in [0.1, 0.15) is 11.1 Å². The fourth-order valence-corrected chi connectivity index (χ4v) is 1.49. The first kappa shape index (κ1) is 14.2. The zero-order valence-electron chi connectivity index (χ0n) is 10.8. The number of nitrogens with one attached hydrogen (secondary N) is 1. The molecule has 0 heterocycles. The van der Waals surface area contributed by atoms with Crippen molar-refractivity contribution in [1.29, 1.82) is 0 Å². The number of anilines is 1. The Morgan fingerprint density at radius 1 is 1.17 bits per heavy atom. The van der Waals surface area contributed by atoms with Gasteiger partial charge in [0, 0.05) is 12.8 Å². The van der Waals surface area contributed by atoms with E-state index in [1.54, 1.807) is 0 Å². The first-order valence-electron chi connectivity index (χ1n) is 5.55. The molecule has 0 saturated heterocycles. The number of carbonyl (C=O) groups is 2. The highest BCUT2D eigenvalue weighted by Gasteiger charge is 2.09. The fraction of sp³-hybridized carbons (Fsp3) is 0.385. The van der Waals surface area contributed by atoms with Crippen LogP contribution < -0.4 is 5.32 Å². The smallest absolute Gasteiger partial charge is 0.332 e. The molecule has 0 atom stereocenters. The Kier molecular flexibility index (Phi) is 5.32. The van der Waals surface area contributed by atoms with E-state index in [9.17, 15) is 9.59 Å². The average Bonchev–Trinajstić information content (AvgIpc) is 2.32. The third-order valence-electron chi connectivity index (χ3n) is 2.37. The Morgan fingerprint density at radius 2 is 1.78 bits per heavy atom. The maximum atomic E-state index is 11.6. The molecule has 1 aromatic rings. The minimum absolute atomic E-state index is 0.156. The van der Waals surface area contributed by atoms with Gasteiger partial charge in [0.05, 0.1) is 0 Å². The summed E-state index contributed by atoms with van der Waals surface area (Å²) in [5.41, 5.74) is 2.68. The maximum absolute atomic E-state index is 11.6. The zero-order valence-corrected chi connectivity index (χ0v) is 10.8. The molecule has 0 aliphatic rings. The number of para-hydroxylation sites is 1. The quantitative estimate of drug-likeness (QED) is 0.804. The minimum Gasteiger partial charge on any atom is -0.454 e. The van der Waals surface area contributed by atoms with Crippen molar-refractivity contribution in [1.82, 2.24) is 0 Å². The Labute approximate surface area is 106 Å². The van der Waals surface area contributed by atoms with Crippen LogP contribution in [0, 0.1) is 13.8 Å². The number of methoxy groups -OCH3 is 1. The number of ether oxygens (including phenoxy) is 2. The van der Waals surface area contributed by atoms with Crippen molar-refractivity contribution in [2.45, 2.75) is 13.8 Å². The van der Waals surface area contributed by atoms with Crippen LogP contribution in [0.5, 0.6) is 0 Å². The Balaban J connectivity index is 2.52. The molecule has 0 fully saturated rings. The predicted molar refractivity (Wildman–Crippen MR) is 67.4 cm³/mol. The number of carbonyl (C=O) groups excluding carboxylic acids is 2. The molecule has 0 spiro atoms. The van der Waals surface area contributed by atoms with Crippen molar-refractivity contribution < 1.29 is 19.1 Å². The van der Waals surface area contributed by atoms with Crippen molar-refractivity contribution >= 4 is 17.6 Å². The van der Waals surface area contributed by atoms with Crippen molar-refractivity contribution in [3.63, 3.8) is 0 Å². The van der Waals surface area contributed by atoms with Crippen LogP contribution >= 0.6 is 0 Å². The third kappa shape index (κ3) is 4.18. The van der Waals surface area contributed by atoms with Gasteiger partial charge in [0.25, 0.3) is 5.91 Å². The van der Waals surface area contributed by atoms with Gasteiger partial charge in [0.15, 0.2) is 6.61 Å². The van der Waals surface area contributed by atoms with Gasteiger partial charge < -0.3 is 14.8 Å². The predicted octanol–water partition coefficient (Wildman–Crippen LogP) is 1.43. The number of rotatable bonds is 5. The number of hydrogen-bond acceptors (Lipinski definition) is 4. The summed E-state index contributed by atoms with van der Waals surface area (Å²) in [6.45, 7) is 3.34.